The summed E-state index contributed by atoms with van der Waals surface area (Å²) in [7, 11) is 0. The van der Waals surface area contributed by atoms with Crippen molar-refractivity contribution in [3.63, 3.8) is 0 Å². The molecule has 0 aliphatic carbocycles. The van der Waals surface area contributed by atoms with Gasteiger partial charge in [0.25, 0.3) is 0 Å². The van der Waals surface area contributed by atoms with Crippen LogP contribution in [0.2, 0.25) is 0 Å². The minimum atomic E-state index is -2.12. The highest BCUT2D eigenvalue weighted by Gasteiger charge is 2.22. The van der Waals surface area contributed by atoms with Crippen LogP contribution in [0.15, 0.2) is 0 Å². The van der Waals surface area contributed by atoms with Crippen molar-refractivity contribution in [3.05, 3.63) is 0 Å². The highest BCUT2D eigenvalue weighted by molar-refractivity contribution is 4.73. The van der Waals surface area contributed by atoms with E-state index in [0.717, 1.165) is 13.0 Å². The Labute approximate surface area is 66.2 Å². The molecular formula is C8H15F2N. The van der Waals surface area contributed by atoms with Crippen molar-refractivity contribution in [2.24, 2.45) is 5.92 Å². The third kappa shape index (κ3) is 2.73. The van der Waals surface area contributed by atoms with E-state index < -0.39 is 6.43 Å². The highest BCUT2D eigenvalue weighted by Crippen LogP contribution is 2.22. The Morgan fingerprint density at radius 3 is 2.64 bits per heavy atom. The average molecular weight is 163 g/mol. The number of nitrogens with one attached hydrogen (secondary N) is 1. The molecule has 0 bridgehead atoms. The number of alkyl halides is 2. The van der Waals surface area contributed by atoms with Crippen LogP contribution < -0.4 is 5.32 Å². The standard InChI is InChI=1S/C8H15F2N/c1-6-2-3-7(8(9)10)4-5-11-6/h6-8,11H,2-5H2,1H3. The van der Waals surface area contributed by atoms with E-state index >= 15 is 0 Å². The van der Waals surface area contributed by atoms with Crippen LogP contribution >= 0.6 is 0 Å². The van der Waals surface area contributed by atoms with E-state index in [0.29, 0.717) is 18.9 Å². The maximum absolute atomic E-state index is 12.2. The first-order valence-corrected chi connectivity index (χ1v) is 4.21. The van der Waals surface area contributed by atoms with Crippen LogP contribution in [0.25, 0.3) is 0 Å². The normalized spacial score (nSPS) is 33.8. The summed E-state index contributed by atoms with van der Waals surface area (Å²) in [5, 5.41) is 3.20. The molecule has 3 heteroatoms. The molecule has 1 rings (SSSR count). The van der Waals surface area contributed by atoms with Gasteiger partial charge in [0.1, 0.15) is 0 Å². The summed E-state index contributed by atoms with van der Waals surface area (Å²) >= 11 is 0. The Morgan fingerprint density at radius 2 is 2.00 bits per heavy atom. The molecule has 0 amide bonds. The fourth-order valence-electron chi connectivity index (χ4n) is 1.48. The van der Waals surface area contributed by atoms with Gasteiger partial charge < -0.3 is 5.32 Å². The molecule has 0 spiro atoms. The van der Waals surface area contributed by atoms with E-state index in [-0.39, 0.29) is 5.92 Å². The van der Waals surface area contributed by atoms with Gasteiger partial charge in [-0.25, -0.2) is 8.78 Å². The molecule has 0 saturated carbocycles. The van der Waals surface area contributed by atoms with Crippen molar-refractivity contribution in [1.29, 1.82) is 0 Å². The molecule has 0 radical (unpaired) electrons. The van der Waals surface area contributed by atoms with Gasteiger partial charge in [-0.3, -0.25) is 0 Å². The molecule has 0 aromatic carbocycles. The minimum Gasteiger partial charge on any atom is -0.314 e. The Morgan fingerprint density at radius 1 is 1.27 bits per heavy atom. The van der Waals surface area contributed by atoms with Crippen LogP contribution in [0, 0.1) is 5.92 Å². The lowest BCUT2D eigenvalue weighted by Gasteiger charge is -2.11. The molecule has 0 aromatic heterocycles. The summed E-state index contributed by atoms with van der Waals surface area (Å²) in [5.74, 6) is -0.368. The molecule has 1 aliphatic rings. The molecule has 1 aliphatic heterocycles. The molecule has 1 heterocycles. The van der Waals surface area contributed by atoms with Gasteiger partial charge in [0, 0.05) is 12.0 Å². The summed E-state index contributed by atoms with van der Waals surface area (Å²) in [6.07, 6.45) is 0.0603. The number of halogens is 2. The maximum Gasteiger partial charge on any atom is 0.241 e. The van der Waals surface area contributed by atoms with Crippen LogP contribution in [0.4, 0.5) is 8.78 Å². The van der Waals surface area contributed by atoms with Gasteiger partial charge in [-0.15, -0.1) is 0 Å². The van der Waals surface area contributed by atoms with E-state index in [1.807, 2.05) is 6.92 Å². The van der Waals surface area contributed by atoms with Gasteiger partial charge in [0.2, 0.25) is 6.43 Å². The molecule has 2 atom stereocenters. The van der Waals surface area contributed by atoms with E-state index in [1.54, 1.807) is 0 Å². The summed E-state index contributed by atoms with van der Waals surface area (Å²) in [4.78, 5) is 0. The average Bonchev–Trinajstić information content (AvgIpc) is 2.13. The van der Waals surface area contributed by atoms with Gasteiger partial charge in [-0.2, -0.15) is 0 Å². The molecular weight excluding hydrogens is 148 g/mol. The second kappa shape index (κ2) is 4.00. The van der Waals surface area contributed by atoms with Crippen molar-refractivity contribution in [3.8, 4) is 0 Å². The second-order valence-corrected chi connectivity index (χ2v) is 3.32. The lowest BCUT2D eigenvalue weighted by atomic mass is 10.0. The summed E-state index contributed by atoms with van der Waals surface area (Å²) in [6, 6.07) is 0.416. The van der Waals surface area contributed by atoms with E-state index in [9.17, 15) is 8.78 Å². The Balaban J connectivity index is 2.34. The first-order valence-electron chi connectivity index (χ1n) is 4.21. The third-order valence-electron chi connectivity index (χ3n) is 2.33. The monoisotopic (exact) mass is 163 g/mol. The Hall–Kier alpha value is -0.180. The van der Waals surface area contributed by atoms with Gasteiger partial charge in [-0.1, -0.05) is 0 Å². The predicted octanol–water partition coefficient (Wildman–Crippen LogP) is 2.03. The van der Waals surface area contributed by atoms with Gasteiger partial charge in [0.15, 0.2) is 0 Å². The van der Waals surface area contributed by atoms with Gasteiger partial charge in [-0.05, 0) is 32.7 Å². The smallest absolute Gasteiger partial charge is 0.241 e. The topological polar surface area (TPSA) is 12.0 Å². The highest BCUT2D eigenvalue weighted by atomic mass is 19.3. The zero-order valence-electron chi connectivity index (χ0n) is 6.82. The fraction of sp³-hybridized carbons (Fsp3) is 1.00. The summed E-state index contributed by atoms with van der Waals surface area (Å²) in [6.45, 7) is 2.80. The van der Waals surface area contributed by atoms with Crippen molar-refractivity contribution in [2.75, 3.05) is 6.54 Å². The van der Waals surface area contributed by atoms with Gasteiger partial charge in [0.05, 0.1) is 0 Å². The van der Waals surface area contributed by atoms with E-state index in [4.69, 9.17) is 0 Å². The fourth-order valence-corrected chi connectivity index (χ4v) is 1.48. The third-order valence-corrected chi connectivity index (χ3v) is 2.33. The lowest BCUT2D eigenvalue weighted by molar-refractivity contribution is 0.0702. The minimum absolute atomic E-state index is 0.368. The van der Waals surface area contributed by atoms with Crippen LogP contribution in [-0.2, 0) is 0 Å². The molecule has 2 unspecified atom stereocenters. The number of hydrogen-bond acceptors (Lipinski definition) is 1. The summed E-state index contributed by atoms with van der Waals surface area (Å²) in [5.41, 5.74) is 0. The van der Waals surface area contributed by atoms with Gasteiger partial charge >= 0.3 is 0 Å². The van der Waals surface area contributed by atoms with Crippen molar-refractivity contribution in [2.45, 2.75) is 38.7 Å². The molecule has 0 aromatic rings. The molecule has 1 fully saturated rings. The van der Waals surface area contributed by atoms with Crippen LogP contribution in [0.5, 0.6) is 0 Å². The Bertz CT molecular complexity index is 117. The van der Waals surface area contributed by atoms with E-state index in [2.05, 4.69) is 5.32 Å². The van der Waals surface area contributed by atoms with Crippen LogP contribution in [-0.4, -0.2) is 19.0 Å². The first kappa shape index (κ1) is 8.91. The van der Waals surface area contributed by atoms with Crippen molar-refractivity contribution < 1.29 is 8.78 Å². The first-order chi connectivity index (χ1) is 5.20. The maximum atomic E-state index is 12.2. The second-order valence-electron chi connectivity index (χ2n) is 3.32. The number of hydrogen-bond donors (Lipinski definition) is 1. The zero-order valence-corrected chi connectivity index (χ0v) is 6.82. The lowest BCUT2D eigenvalue weighted by Crippen LogP contribution is -2.24. The van der Waals surface area contributed by atoms with Crippen LogP contribution in [0.1, 0.15) is 26.2 Å². The molecule has 1 nitrogen and oxygen atoms in total. The molecule has 11 heavy (non-hydrogen) atoms. The largest absolute Gasteiger partial charge is 0.314 e. The zero-order chi connectivity index (χ0) is 8.27. The van der Waals surface area contributed by atoms with E-state index in [1.165, 1.54) is 0 Å². The van der Waals surface area contributed by atoms with Crippen molar-refractivity contribution in [1.82, 2.24) is 5.32 Å². The molecule has 66 valence electrons. The Kier molecular flexibility index (Phi) is 3.24. The molecule has 1 saturated heterocycles. The quantitative estimate of drug-likeness (QED) is 0.623. The predicted molar refractivity (Wildman–Crippen MR) is 40.8 cm³/mol. The summed E-state index contributed by atoms with van der Waals surface area (Å²) < 4.78 is 24.4. The number of rotatable bonds is 1. The SMILES string of the molecule is CC1CCC(C(F)F)CCN1. The molecule has 1 N–H and O–H groups in total. The van der Waals surface area contributed by atoms with Crippen LogP contribution in [0.3, 0.4) is 0 Å². The van der Waals surface area contributed by atoms with Crippen molar-refractivity contribution >= 4 is 0 Å².